The molecule has 0 saturated heterocycles. The maximum absolute atomic E-state index is 14.1. The second-order valence-electron chi connectivity index (χ2n) is 9.10. The predicted octanol–water partition coefficient (Wildman–Crippen LogP) is 7.44. The minimum atomic E-state index is -2.80. The van der Waals surface area contributed by atoms with Crippen molar-refractivity contribution >= 4 is 5.97 Å². The van der Waals surface area contributed by atoms with Gasteiger partial charge in [0.15, 0.2) is 17.4 Å². The summed E-state index contributed by atoms with van der Waals surface area (Å²) in [6.07, 6.45) is 9.27. The summed E-state index contributed by atoms with van der Waals surface area (Å²) in [5, 5.41) is 0. The van der Waals surface area contributed by atoms with Crippen LogP contribution in [0.15, 0.2) is 24.5 Å². The number of benzene rings is 1. The van der Waals surface area contributed by atoms with E-state index in [9.17, 15) is 22.4 Å². The second kappa shape index (κ2) is 11.7. The Kier molecular flexibility index (Phi) is 9.00. The summed E-state index contributed by atoms with van der Waals surface area (Å²) in [6, 6.07) is 1.65. The van der Waals surface area contributed by atoms with E-state index in [1.54, 1.807) is 0 Å². The van der Waals surface area contributed by atoms with Crippen molar-refractivity contribution in [3.8, 4) is 11.5 Å². The van der Waals surface area contributed by atoms with Gasteiger partial charge in [-0.1, -0.05) is 32.6 Å². The molecule has 2 fully saturated rings. The number of carbonyl (C=O) groups is 1. The van der Waals surface area contributed by atoms with Gasteiger partial charge in [-0.2, -0.15) is 0 Å². The van der Waals surface area contributed by atoms with Crippen molar-refractivity contribution in [1.82, 2.24) is 0 Å². The third-order valence-corrected chi connectivity index (χ3v) is 6.96. The number of carbonyl (C=O) groups excluding carboxylic acids is 1. The molecular formula is C25H32F4O3. The van der Waals surface area contributed by atoms with Gasteiger partial charge in [-0.3, -0.25) is 4.79 Å². The Hall–Kier alpha value is -2.05. The molecule has 0 spiro atoms. The molecule has 2 aliphatic rings. The maximum atomic E-state index is 14.1. The quantitative estimate of drug-likeness (QED) is 0.176. The maximum Gasteiger partial charge on any atom is 0.314 e. The van der Waals surface area contributed by atoms with Gasteiger partial charge >= 0.3 is 5.97 Å². The molecule has 0 atom stereocenters. The highest BCUT2D eigenvalue weighted by molar-refractivity contribution is 5.75. The molecular weight excluding hydrogens is 424 g/mol. The van der Waals surface area contributed by atoms with Gasteiger partial charge in [0.05, 0.1) is 12.2 Å². The zero-order valence-corrected chi connectivity index (χ0v) is 18.5. The SMILES string of the molecule is CCCC1CCC(C2CCC(C(=O)Oc3cc(F)c(O/C=C/C(F)F)c(F)c3)CC2)CC1. The topological polar surface area (TPSA) is 35.5 Å². The molecule has 0 bridgehead atoms. The fourth-order valence-corrected chi connectivity index (χ4v) is 5.26. The Morgan fingerprint density at radius 1 is 1.00 bits per heavy atom. The van der Waals surface area contributed by atoms with Crippen LogP contribution in [0, 0.1) is 35.3 Å². The molecule has 0 radical (unpaired) electrons. The first-order valence-electron chi connectivity index (χ1n) is 11.7. The molecule has 0 unspecified atom stereocenters. The molecule has 32 heavy (non-hydrogen) atoms. The minimum absolute atomic E-state index is 0.258. The lowest BCUT2D eigenvalue weighted by Gasteiger charge is -2.37. The van der Waals surface area contributed by atoms with Crippen molar-refractivity contribution in [2.75, 3.05) is 0 Å². The highest BCUT2D eigenvalue weighted by Crippen LogP contribution is 2.42. The number of esters is 1. The Morgan fingerprint density at radius 3 is 2.09 bits per heavy atom. The molecule has 0 aliphatic heterocycles. The summed E-state index contributed by atoms with van der Waals surface area (Å²) in [5.41, 5.74) is 0. The van der Waals surface area contributed by atoms with E-state index in [1.165, 1.54) is 38.5 Å². The van der Waals surface area contributed by atoms with Crippen LogP contribution in [-0.4, -0.2) is 12.4 Å². The van der Waals surface area contributed by atoms with Crippen LogP contribution in [0.3, 0.4) is 0 Å². The van der Waals surface area contributed by atoms with Crippen LogP contribution in [0.5, 0.6) is 11.5 Å². The van der Waals surface area contributed by atoms with Crippen LogP contribution < -0.4 is 9.47 Å². The highest BCUT2D eigenvalue weighted by atomic mass is 19.3. The lowest BCUT2D eigenvalue weighted by molar-refractivity contribution is -0.140. The molecule has 0 N–H and O–H groups in total. The third kappa shape index (κ3) is 6.72. The monoisotopic (exact) mass is 456 g/mol. The molecule has 1 aromatic rings. The molecule has 1 aromatic carbocycles. The van der Waals surface area contributed by atoms with Crippen molar-refractivity contribution in [1.29, 1.82) is 0 Å². The Balaban J connectivity index is 1.49. The van der Waals surface area contributed by atoms with Gasteiger partial charge in [0, 0.05) is 18.2 Å². The van der Waals surface area contributed by atoms with Gasteiger partial charge in [-0.15, -0.1) is 0 Å². The van der Waals surface area contributed by atoms with E-state index in [2.05, 4.69) is 11.7 Å². The van der Waals surface area contributed by atoms with E-state index in [0.717, 1.165) is 49.7 Å². The molecule has 0 aromatic heterocycles. The van der Waals surface area contributed by atoms with E-state index in [1.807, 2.05) is 0 Å². The Morgan fingerprint density at radius 2 is 1.56 bits per heavy atom. The van der Waals surface area contributed by atoms with E-state index < -0.39 is 29.8 Å². The van der Waals surface area contributed by atoms with E-state index in [4.69, 9.17) is 4.74 Å². The summed E-state index contributed by atoms with van der Waals surface area (Å²) in [5.74, 6) is -1.84. The largest absolute Gasteiger partial charge is 0.459 e. The number of ether oxygens (including phenoxy) is 2. The number of rotatable bonds is 8. The average Bonchev–Trinajstić information content (AvgIpc) is 2.76. The first kappa shape index (κ1) is 24.6. The Labute approximate surface area is 187 Å². The van der Waals surface area contributed by atoms with Gasteiger partial charge in [-0.25, -0.2) is 17.6 Å². The van der Waals surface area contributed by atoms with Gasteiger partial charge < -0.3 is 9.47 Å². The summed E-state index contributed by atoms with van der Waals surface area (Å²) in [6.45, 7) is 2.24. The number of alkyl halides is 2. The van der Waals surface area contributed by atoms with Crippen molar-refractivity contribution in [3.05, 3.63) is 36.1 Å². The molecule has 7 heteroatoms. The van der Waals surface area contributed by atoms with Crippen LogP contribution in [0.2, 0.25) is 0 Å². The zero-order valence-electron chi connectivity index (χ0n) is 18.5. The molecule has 178 valence electrons. The smallest absolute Gasteiger partial charge is 0.314 e. The first-order valence-corrected chi connectivity index (χ1v) is 11.7. The number of allylic oxidation sites excluding steroid dienone is 1. The summed E-state index contributed by atoms with van der Waals surface area (Å²) in [7, 11) is 0. The van der Waals surface area contributed by atoms with E-state index in [-0.39, 0.29) is 11.7 Å². The van der Waals surface area contributed by atoms with Crippen molar-refractivity contribution in [3.63, 3.8) is 0 Å². The van der Waals surface area contributed by atoms with Crippen LogP contribution in [-0.2, 0) is 4.79 Å². The van der Waals surface area contributed by atoms with Crippen LogP contribution >= 0.6 is 0 Å². The second-order valence-corrected chi connectivity index (χ2v) is 9.10. The summed E-state index contributed by atoms with van der Waals surface area (Å²) >= 11 is 0. The number of halogens is 4. The van der Waals surface area contributed by atoms with Gasteiger partial charge in [0.25, 0.3) is 6.43 Å². The van der Waals surface area contributed by atoms with Crippen LogP contribution in [0.1, 0.15) is 71.1 Å². The van der Waals surface area contributed by atoms with E-state index >= 15 is 0 Å². The molecule has 2 saturated carbocycles. The van der Waals surface area contributed by atoms with Crippen LogP contribution in [0.25, 0.3) is 0 Å². The normalized spacial score (nSPS) is 26.4. The van der Waals surface area contributed by atoms with Gasteiger partial charge in [-0.05, 0) is 56.3 Å². The Bertz CT molecular complexity index is 756. The van der Waals surface area contributed by atoms with Crippen molar-refractivity contribution in [2.45, 2.75) is 77.6 Å². The fraction of sp³-hybridized carbons (Fsp3) is 0.640. The van der Waals surface area contributed by atoms with Crippen molar-refractivity contribution in [2.24, 2.45) is 23.7 Å². The molecule has 0 amide bonds. The average molecular weight is 457 g/mol. The number of hydrogen-bond donors (Lipinski definition) is 0. The number of hydrogen-bond acceptors (Lipinski definition) is 3. The molecule has 2 aliphatic carbocycles. The summed E-state index contributed by atoms with van der Waals surface area (Å²) < 4.78 is 62.2. The van der Waals surface area contributed by atoms with Gasteiger partial charge in [0.2, 0.25) is 0 Å². The van der Waals surface area contributed by atoms with Crippen molar-refractivity contribution < 1.29 is 31.8 Å². The van der Waals surface area contributed by atoms with E-state index in [0.29, 0.717) is 18.3 Å². The minimum Gasteiger partial charge on any atom is -0.459 e. The molecule has 3 nitrogen and oxygen atoms in total. The highest BCUT2D eigenvalue weighted by Gasteiger charge is 2.33. The molecule has 0 heterocycles. The summed E-state index contributed by atoms with van der Waals surface area (Å²) in [4.78, 5) is 12.5. The lowest BCUT2D eigenvalue weighted by Crippen LogP contribution is -2.30. The van der Waals surface area contributed by atoms with Crippen LogP contribution in [0.4, 0.5) is 17.6 Å². The first-order chi connectivity index (χ1) is 15.4. The standard InChI is InChI=1S/C25H32F4O3/c1-2-3-16-4-6-17(7-5-16)18-8-10-19(11-9-18)25(30)32-20-14-21(26)24(22(27)15-20)31-13-12-23(28)29/h12-19,23H,2-11H2,1H3/b13-12+. The third-order valence-electron chi connectivity index (χ3n) is 6.96. The van der Waals surface area contributed by atoms with Gasteiger partial charge in [0.1, 0.15) is 5.75 Å². The zero-order chi connectivity index (χ0) is 23.1. The predicted molar refractivity (Wildman–Crippen MR) is 114 cm³/mol. The molecule has 3 rings (SSSR count). The lowest BCUT2D eigenvalue weighted by atomic mass is 9.69. The fourth-order valence-electron chi connectivity index (χ4n) is 5.26.